The number of aryl methyl sites for hydroxylation is 1. The number of benzene rings is 1. The van der Waals surface area contributed by atoms with E-state index in [9.17, 15) is 53.9 Å². The standard InChI is InChI=1S/C25H27ClN8O3.3C2HF3O2/c1-17-28-15-21-16-33(25(37)34(17)21)32-12-10-31(11-13-32)23(35)22(14-18-6-8-27-9-7-18)30-24(36)29-20-4-2-19(26)3-5-20;3*3-2(4,5)1(6)7/h2-9,15,22H,10-14,16H2,1H3,(H2,29,30,36);3*(H,6,7)/t22-;;;/m1.../s1. The third kappa shape index (κ3) is 15.1. The van der Waals surface area contributed by atoms with E-state index in [1.54, 1.807) is 64.3 Å². The van der Waals surface area contributed by atoms with Crippen molar-refractivity contribution in [3.63, 3.8) is 0 Å². The molecule has 27 heteroatoms. The maximum absolute atomic E-state index is 13.5. The monoisotopic (exact) mass is 864 g/mol. The molecule has 5 rings (SSSR count). The first kappa shape index (κ1) is 48.0. The molecule has 4 heterocycles. The number of aromatic nitrogens is 3. The summed E-state index contributed by atoms with van der Waals surface area (Å²) in [5, 5.41) is 31.2. The average Bonchev–Trinajstić information content (AvgIpc) is 3.67. The summed E-state index contributed by atoms with van der Waals surface area (Å²) in [5.41, 5.74) is 2.30. The predicted octanol–water partition coefficient (Wildman–Crippen LogP) is 4.42. The van der Waals surface area contributed by atoms with Crippen molar-refractivity contribution in [2.45, 2.75) is 44.5 Å². The highest BCUT2D eigenvalue weighted by molar-refractivity contribution is 6.30. The number of halogens is 10. The highest BCUT2D eigenvalue weighted by atomic mass is 35.5. The van der Waals surface area contributed by atoms with E-state index in [4.69, 9.17) is 41.3 Å². The van der Waals surface area contributed by atoms with E-state index >= 15 is 0 Å². The van der Waals surface area contributed by atoms with Gasteiger partial charge in [0, 0.05) is 55.7 Å². The Bertz CT molecular complexity index is 1850. The molecule has 0 bridgehead atoms. The van der Waals surface area contributed by atoms with Gasteiger partial charge in [0.1, 0.15) is 11.9 Å². The van der Waals surface area contributed by atoms with Gasteiger partial charge in [0.05, 0.1) is 18.4 Å². The van der Waals surface area contributed by atoms with Crippen molar-refractivity contribution in [1.29, 1.82) is 0 Å². The van der Waals surface area contributed by atoms with Crippen LogP contribution in [0.25, 0.3) is 0 Å². The number of amides is 4. The zero-order valence-corrected chi connectivity index (χ0v) is 30.0. The summed E-state index contributed by atoms with van der Waals surface area (Å²) in [7, 11) is 0. The minimum Gasteiger partial charge on any atom is -0.475 e. The van der Waals surface area contributed by atoms with Crippen LogP contribution in [0.15, 0.2) is 55.0 Å². The fraction of sp³-hybridized carbons (Fsp3) is 0.355. The first-order chi connectivity index (χ1) is 26.7. The topological polar surface area (TPSA) is 228 Å². The first-order valence-electron chi connectivity index (χ1n) is 15.7. The van der Waals surface area contributed by atoms with Gasteiger partial charge in [-0.1, -0.05) is 11.6 Å². The predicted molar refractivity (Wildman–Crippen MR) is 178 cm³/mol. The lowest BCUT2D eigenvalue weighted by molar-refractivity contribution is -0.193. The zero-order chi connectivity index (χ0) is 44.2. The van der Waals surface area contributed by atoms with Gasteiger partial charge in [0.2, 0.25) is 5.91 Å². The molecule has 5 N–H and O–H groups in total. The normalized spacial score (nSPS) is 14.6. The smallest absolute Gasteiger partial charge is 0.475 e. The van der Waals surface area contributed by atoms with Gasteiger partial charge >= 0.3 is 48.5 Å². The highest BCUT2D eigenvalue weighted by Crippen LogP contribution is 2.22. The molecule has 1 saturated heterocycles. The SMILES string of the molecule is Cc1ncc2n1C(=O)N(N1CCN(C(=O)[C@@H](Cc3ccncc3)NC(=O)Nc3ccc(Cl)cc3)CC1)C2.O=C(O)C(F)(F)F.O=C(O)C(F)(F)F.O=C(O)C(F)(F)F. The minimum absolute atomic E-state index is 0.124. The molecule has 2 aliphatic rings. The van der Waals surface area contributed by atoms with E-state index in [-0.39, 0.29) is 11.9 Å². The van der Waals surface area contributed by atoms with E-state index in [0.29, 0.717) is 55.7 Å². The molecule has 2 aromatic heterocycles. The zero-order valence-electron chi connectivity index (χ0n) is 29.3. The van der Waals surface area contributed by atoms with Crippen molar-refractivity contribution in [3.8, 4) is 0 Å². The number of pyridine rings is 1. The maximum atomic E-state index is 13.5. The van der Waals surface area contributed by atoms with Crippen LogP contribution in [-0.4, -0.2) is 131 Å². The number of alkyl halides is 9. The summed E-state index contributed by atoms with van der Waals surface area (Å²) >= 11 is 5.92. The van der Waals surface area contributed by atoms with Crippen LogP contribution in [-0.2, 0) is 32.1 Å². The summed E-state index contributed by atoms with van der Waals surface area (Å²) < 4.78 is 96.8. The first-order valence-corrected chi connectivity index (χ1v) is 16.1. The third-order valence-electron chi connectivity index (χ3n) is 7.27. The molecular formula is C31H30ClF9N8O9. The summed E-state index contributed by atoms with van der Waals surface area (Å²) in [6.45, 7) is 4.15. The van der Waals surface area contributed by atoms with Gasteiger partial charge in [-0.05, 0) is 48.9 Å². The number of fused-ring (bicyclic) bond motifs is 1. The number of aliphatic carboxylic acids is 3. The van der Waals surface area contributed by atoms with Crippen molar-refractivity contribution in [2.24, 2.45) is 0 Å². The van der Waals surface area contributed by atoms with E-state index in [1.165, 1.54) is 0 Å². The molecule has 1 atom stereocenters. The molecule has 0 saturated carbocycles. The Hall–Kier alpha value is -6.18. The number of urea groups is 1. The van der Waals surface area contributed by atoms with Crippen LogP contribution >= 0.6 is 11.6 Å². The third-order valence-corrected chi connectivity index (χ3v) is 7.52. The number of carboxylic acid groups (broad SMARTS) is 3. The second-order valence-corrected chi connectivity index (χ2v) is 11.8. The fourth-order valence-electron chi connectivity index (χ4n) is 4.61. The van der Waals surface area contributed by atoms with Gasteiger partial charge in [-0.3, -0.25) is 14.8 Å². The van der Waals surface area contributed by atoms with Crippen molar-refractivity contribution in [2.75, 3.05) is 31.5 Å². The number of carboxylic acids is 3. The van der Waals surface area contributed by atoms with Crippen LogP contribution in [0, 0.1) is 6.92 Å². The number of nitrogens with one attached hydrogen (secondary N) is 2. The molecule has 1 fully saturated rings. The number of carbonyl (C=O) groups is 6. The number of carbonyl (C=O) groups excluding carboxylic acids is 3. The van der Waals surface area contributed by atoms with Crippen molar-refractivity contribution in [3.05, 3.63) is 77.1 Å². The molecule has 0 spiro atoms. The van der Waals surface area contributed by atoms with Gasteiger partial charge in [0.15, 0.2) is 0 Å². The molecule has 1 aromatic carbocycles. The number of hydrazine groups is 1. The molecular weight excluding hydrogens is 835 g/mol. The molecule has 0 aliphatic carbocycles. The number of nitrogens with zero attached hydrogens (tertiary/aromatic N) is 6. The van der Waals surface area contributed by atoms with Crippen LogP contribution in [0.5, 0.6) is 0 Å². The lowest BCUT2D eigenvalue weighted by Crippen LogP contribution is -2.59. The molecule has 0 unspecified atom stereocenters. The van der Waals surface area contributed by atoms with E-state index in [0.717, 1.165) is 11.3 Å². The Balaban J connectivity index is 0.000000453. The Morgan fingerprint density at radius 3 is 1.69 bits per heavy atom. The van der Waals surface area contributed by atoms with Gasteiger partial charge in [-0.2, -0.15) is 39.5 Å². The summed E-state index contributed by atoms with van der Waals surface area (Å²) in [5.74, 6) is -7.78. The number of hydrogen-bond acceptors (Lipinski definition) is 9. The van der Waals surface area contributed by atoms with Gasteiger partial charge in [0.25, 0.3) is 0 Å². The summed E-state index contributed by atoms with van der Waals surface area (Å²) in [6.07, 6.45) is -9.90. The molecule has 3 aromatic rings. The van der Waals surface area contributed by atoms with Gasteiger partial charge in [-0.25, -0.2) is 38.5 Å². The number of rotatable bonds is 6. The van der Waals surface area contributed by atoms with Crippen molar-refractivity contribution in [1.82, 2.24) is 34.8 Å². The fourth-order valence-corrected chi connectivity index (χ4v) is 4.74. The number of anilines is 1. The van der Waals surface area contributed by atoms with Crippen LogP contribution in [0.3, 0.4) is 0 Å². The number of hydrogen-bond donors (Lipinski definition) is 5. The Morgan fingerprint density at radius 2 is 1.26 bits per heavy atom. The van der Waals surface area contributed by atoms with E-state index < -0.39 is 48.5 Å². The molecule has 58 heavy (non-hydrogen) atoms. The molecule has 318 valence electrons. The average molecular weight is 865 g/mol. The quantitative estimate of drug-likeness (QED) is 0.217. The van der Waals surface area contributed by atoms with Crippen molar-refractivity contribution >= 4 is 53.2 Å². The van der Waals surface area contributed by atoms with Crippen molar-refractivity contribution < 1.29 is 83.6 Å². The van der Waals surface area contributed by atoms with Crippen LogP contribution in [0.4, 0.5) is 54.8 Å². The van der Waals surface area contributed by atoms with Crippen LogP contribution in [0.1, 0.15) is 17.1 Å². The summed E-state index contributed by atoms with van der Waals surface area (Å²) in [4.78, 5) is 75.8. The molecule has 17 nitrogen and oxygen atoms in total. The maximum Gasteiger partial charge on any atom is 0.490 e. The molecule has 2 aliphatic heterocycles. The summed E-state index contributed by atoms with van der Waals surface area (Å²) in [6, 6.07) is 8.99. The molecule has 0 radical (unpaired) electrons. The second-order valence-electron chi connectivity index (χ2n) is 11.4. The Kier molecular flexibility index (Phi) is 16.8. The largest absolute Gasteiger partial charge is 0.490 e. The Morgan fingerprint density at radius 1 is 0.793 bits per heavy atom. The van der Waals surface area contributed by atoms with E-state index in [2.05, 4.69) is 20.6 Å². The Labute approximate surface area is 324 Å². The highest BCUT2D eigenvalue weighted by Gasteiger charge is 2.40. The van der Waals surface area contributed by atoms with Crippen LogP contribution in [0.2, 0.25) is 5.02 Å². The van der Waals surface area contributed by atoms with Gasteiger partial charge in [-0.15, -0.1) is 0 Å². The minimum atomic E-state index is -5.08. The lowest BCUT2D eigenvalue weighted by atomic mass is 10.1. The van der Waals surface area contributed by atoms with E-state index in [1.807, 2.05) is 17.1 Å². The van der Waals surface area contributed by atoms with Gasteiger partial charge < -0.3 is 30.9 Å². The van der Waals surface area contributed by atoms with Crippen LogP contribution < -0.4 is 10.6 Å². The number of piperazine rings is 1. The molecule has 4 amide bonds. The lowest BCUT2D eigenvalue weighted by Gasteiger charge is -2.40. The number of imidazole rings is 1. The second kappa shape index (κ2) is 20.3.